The van der Waals surface area contributed by atoms with Crippen molar-refractivity contribution in [2.24, 2.45) is 0 Å². The molecule has 0 fully saturated rings. The number of rotatable bonds is 13. The quantitative estimate of drug-likeness (QED) is 0.350. The Labute approximate surface area is 185 Å². The predicted molar refractivity (Wildman–Crippen MR) is 116 cm³/mol. The Hall–Kier alpha value is -3.56. The lowest BCUT2D eigenvalue weighted by Gasteiger charge is -2.19. The molecule has 0 radical (unpaired) electrons. The summed E-state index contributed by atoms with van der Waals surface area (Å²) in [6.45, 7) is 5.80. The number of carbonyl (C=O) groups is 2. The smallest absolute Gasteiger partial charge is 0.330 e. The van der Waals surface area contributed by atoms with Crippen LogP contribution in [0.2, 0.25) is 0 Å². The highest BCUT2D eigenvalue weighted by Gasteiger charge is 2.18. The molecule has 0 saturated carbocycles. The third kappa shape index (κ3) is 7.00. The van der Waals surface area contributed by atoms with Crippen molar-refractivity contribution >= 4 is 22.7 Å². The van der Waals surface area contributed by atoms with Gasteiger partial charge in [-0.2, -0.15) is 0 Å². The van der Waals surface area contributed by atoms with E-state index in [2.05, 4.69) is 13.2 Å². The second-order valence-electron chi connectivity index (χ2n) is 6.55. The van der Waals surface area contributed by atoms with Crippen LogP contribution in [0, 0.1) is 0 Å². The fourth-order valence-corrected chi connectivity index (χ4v) is 2.65. The molecule has 2 N–H and O–H groups in total. The van der Waals surface area contributed by atoms with Crippen LogP contribution >= 0.6 is 0 Å². The molecule has 2 atom stereocenters. The van der Waals surface area contributed by atoms with Crippen molar-refractivity contribution in [2.75, 3.05) is 33.5 Å². The Kier molecular flexibility index (Phi) is 9.52. The molecule has 0 aliphatic carbocycles. The van der Waals surface area contributed by atoms with Gasteiger partial charge in [-0.15, -0.1) is 0 Å². The van der Waals surface area contributed by atoms with Gasteiger partial charge < -0.3 is 33.9 Å². The van der Waals surface area contributed by atoms with E-state index in [9.17, 15) is 19.8 Å². The minimum atomic E-state index is -1.06. The number of benzene rings is 2. The summed E-state index contributed by atoms with van der Waals surface area (Å²) in [5, 5.41) is 21.3. The number of aliphatic hydroxyl groups is 2. The van der Waals surface area contributed by atoms with Gasteiger partial charge in [0.1, 0.15) is 44.4 Å². The number of esters is 2. The number of carbonyl (C=O) groups excluding carboxylic acids is 2. The number of methoxy groups -OCH3 is 1. The van der Waals surface area contributed by atoms with Gasteiger partial charge in [0.05, 0.1) is 7.11 Å². The molecule has 0 bridgehead atoms. The highest BCUT2D eigenvalue weighted by Crippen LogP contribution is 2.41. The maximum atomic E-state index is 11.1. The Morgan fingerprint density at radius 3 is 1.94 bits per heavy atom. The molecule has 172 valence electrons. The second-order valence-corrected chi connectivity index (χ2v) is 6.55. The van der Waals surface area contributed by atoms with Crippen LogP contribution in [0.5, 0.6) is 17.2 Å². The fraction of sp³-hybridized carbons (Fsp3) is 0.304. The van der Waals surface area contributed by atoms with Gasteiger partial charge >= 0.3 is 11.9 Å². The summed E-state index contributed by atoms with van der Waals surface area (Å²) in [6, 6.07) is 8.77. The van der Waals surface area contributed by atoms with E-state index < -0.39 is 24.1 Å². The first-order chi connectivity index (χ1) is 15.4. The molecular formula is C23H26O9. The zero-order valence-electron chi connectivity index (χ0n) is 17.7. The molecule has 0 saturated heterocycles. The Morgan fingerprint density at radius 2 is 1.41 bits per heavy atom. The number of ether oxygens (including phenoxy) is 5. The first-order valence-electron chi connectivity index (χ1n) is 9.69. The Bertz CT molecular complexity index is 954. The molecule has 2 aromatic carbocycles. The van der Waals surface area contributed by atoms with Gasteiger partial charge in [-0.25, -0.2) is 9.59 Å². The van der Waals surface area contributed by atoms with Crippen LogP contribution in [0.15, 0.2) is 55.6 Å². The molecule has 0 heterocycles. The van der Waals surface area contributed by atoms with Crippen LogP contribution in [0.3, 0.4) is 0 Å². The minimum Gasteiger partial charge on any atom is -0.493 e. The van der Waals surface area contributed by atoms with E-state index in [-0.39, 0.29) is 26.4 Å². The van der Waals surface area contributed by atoms with E-state index in [0.29, 0.717) is 28.0 Å². The molecule has 2 aromatic rings. The number of aliphatic hydroxyl groups excluding tert-OH is 2. The lowest BCUT2D eigenvalue weighted by Crippen LogP contribution is -2.25. The van der Waals surface area contributed by atoms with Crippen molar-refractivity contribution in [3.63, 3.8) is 0 Å². The standard InChI is InChI=1S/C23H26O9/c1-4-21(26)30-12-15(24)11-29-19-10-20(28-3)23(18-9-7-6-8-17(18)19)32-14-16(25)13-31-22(27)5-2/h4-10,15-16,24-25H,1-2,11-14H2,3H3. The summed E-state index contributed by atoms with van der Waals surface area (Å²) in [4.78, 5) is 22.2. The molecule has 32 heavy (non-hydrogen) atoms. The molecule has 0 spiro atoms. The molecule has 9 heteroatoms. The van der Waals surface area contributed by atoms with Crippen molar-refractivity contribution in [1.29, 1.82) is 0 Å². The van der Waals surface area contributed by atoms with E-state index in [1.807, 2.05) is 0 Å². The average Bonchev–Trinajstić information content (AvgIpc) is 2.82. The van der Waals surface area contributed by atoms with E-state index in [1.54, 1.807) is 30.3 Å². The van der Waals surface area contributed by atoms with Crippen molar-refractivity contribution in [1.82, 2.24) is 0 Å². The zero-order valence-corrected chi connectivity index (χ0v) is 17.7. The highest BCUT2D eigenvalue weighted by atomic mass is 16.6. The van der Waals surface area contributed by atoms with E-state index in [1.165, 1.54) is 7.11 Å². The van der Waals surface area contributed by atoms with Crippen molar-refractivity contribution < 1.29 is 43.5 Å². The van der Waals surface area contributed by atoms with Crippen LogP contribution in [-0.4, -0.2) is 67.9 Å². The second kappa shape index (κ2) is 12.3. The number of hydrogen-bond donors (Lipinski definition) is 2. The van der Waals surface area contributed by atoms with Gasteiger partial charge in [0.25, 0.3) is 0 Å². The van der Waals surface area contributed by atoms with E-state index >= 15 is 0 Å². The largest absolute Gasteiger partial charge is 0.493 e. The van der Waals surface area contributed by atoms with Gasteiger partial charge in [0.2, 0.25) is 0 Å². The molecule has 0 amide bonds. The van der Waals surface area contributed by atoms with Crippen LogP contribution in [0.1, 0.15) is 0 Å². The molecule has 0 aliphatic heterocycles. The molecule has 9 nitrogen and oxygen atoms in total. The summed E-state index contributed by atoms with van der Waals surface area (Å²) in [6.07, 6.45) is -0.103. The summed E-state index contributed by atoms with van der Waals surface area (Å²) in [7, 11) is 1.45. The summed E-state index contributed by atoms with van der Waals surface area (Å²) in [5.74, 6) is -0.167. The number of fused-ring (bicyclic) bond motifs is 1. The van der Waals surface area contributed by atoms with Crippen LogP contribution < -0.4 is 14.2 Å². The van der Waals surface area contributed by atoms with Crippen molar-refractivity contribution in [3.05, 3.63) is 55.6 Å². The van der Waals surface area contributed by atoms with E-state index in [4.69, 9.17) is 23.7 Å². The zero-order chi connectivity index (χ0) is 23.5. The maximum absolute atomic E-state index is 11.1. The third-order valence-electron chi connectivity index (χ3n) is 4.16. The van der Waals surface area contributed by atoms with E-state index in [0.717, 1.165) is 12.2 Å². The topological polar surface area (TPSA) is 121 Å². The fourth-order valence-electron chi connectivity index (χ4n) is 2.65. The van der Waals surface area contributed by atoms with Crippen molar-refractivity contribution in [3.8, 4) is 17.2 Å². The first-order valence-corrected chi connectivity index (χ1v) is 9.69. The molecule has 2 unspecified atom stereocenters. The normalized spacial score (nSPS) is 12.3. The Balaban J connectivity index is 2.15. The maximum Gasteiger partial charge on any atom is 0.330 e. The van der Waals surface area contributed by atoms with Crippen molar-refractivity contribution in [2.45, 2.75) is 12.2 Å². The molecular weight excluding hydrogens is 420 g/mol. The lowest BCUT2D eigenvalue weighted by atomic mass is 10.1. The molecule has 0 aromatic heterocycles. The monoisotopic (exact) mass is 446 g/mol. The third-order valence-corrected chi connectivity index (χ3v) is 4.16. The van der Waals surface area contributed by atoms with Gasteiger partial charge in [0.15, 0.2) is 11.5 Å². The first kappa shape index (κ1) is 24.7. The highest BCUT2D eigenvalue weighted by molar-refractivity contribution is 5.95. The SMILES string of the molecule is C=CC(=O)OCC(O)COc1cc(OC)c(OCC(O)COC(=O)C=C)c2ccccc12. The summed E-state index contributed by atoms with van der Waals surface area (Å²) >= 11 is 0. The molecule has 2 rings (SSSR count). The van der Waals surface area contributed by atoms with Crippen LogP contribution in [-0.2, 0) is 19.1 Å². The Morgan fingerprint density at radius 1 is 0.875 bits per heavy atom. The summed E-state index contributed by atoms with van der Waals surface area (Å²) < 4.78 is 26.5. The lowest BCUT2D eigenvalue weighted by molar-refractivity contribution is -0.142. The molecule has 0 aliphatic rings. The average molecular weight is 446 g/mol. The van der Waals surface area contributed by atoms with Gasteiger partial charge in [-0.1, -0.05) is 37.4 Å². The van der Waals surface area contributed by atoms with Gasteiger partial charge in [-0.05, 0) is 0 Å². The van der Waals surface area contributed by atoms with Gasteiger partial charge in [-0.3, -0.25) is 0 Å². The number of hydrogen-bond acceptors (Lipinski definition) is 9. The summed E-state index contributed by atoms with van der Waals surface area (Å²) in [5.41, 5.74) is 0. The minimum absolute atomic E-state index is 0.134. The van der Waals surface area contributed by atoms with Crippen LogP contribution in [0.25, 0.3) is 10.8 Å². The van der Waals surface area contributed by atoms with Crippen LogP contribution in [0.4, 0.5) is 0 Å². The predicted octanol–water partition coefficient (Wildman–Crippen LogP) is 1.79. The van der Waals surface area contributed by atoms with Gasteiger partial charge in [0, 0.05) is 29.0 Å².